The van der Waals surface area contributed by atoms with E-state index in [0.29, 0.717) is 18.1 Å². The molecule has 2 aromatic heterocycles. The topological polar surface area (TPSA) is 92.5 Å². The fraction of sp³-hybridized carbons (Fsp3) is 0.583. The molecule has 6 nitrogen and oxygen atoms in total. The molecule has 0 spiro atoms. The lowest BCUT2D eigenvalue weighted by atomic mass is 9.91. The van der Waals surface area contributed by atoms with Crippen LogP contribution in [-0.4, -0.2) is 32.0 Å². The van der Waals surface area contributed by atoms with Crippen LogP contribution >= 0.6 is 0 Å². The monoisotopic (exact) mass is 248 g/mol. The number of hydrogen-bond acceptors (Lipinski definition) is 5. The van der Waals surface area contributed by atoms with E-state index in [0.717, 1.165) is 17.8 Å². The van der Waals surface area contributed by atoms with E-state index < -0.39 is 0 Å². The highest BCUT2D eigenvalue weighted by atomic mass is 15.1. The second kappa shape index (κ2) is 4.89. The van der Waals surface area contributed by atoms with Crippen molar-refractivity contribution in [3.63, 3.8) is 0 Å². The van der Waals surface area contributed by atoms with Crippen LogP contribution < -0.4 is 11.1 Å². The first-order valence-electron chi connectivity index (χ1n) is 6.16. The molecule has 2 aromatic rings. The molecule has 98 valence electrons. The minimum Gasteiger partial charge on any atom is -0.362 e. The summed E-state index contributed by atoms with van der Waals surface area (Å²) in [7, 11) is 0. The minimum absolute atomic E-state index is 0.180. The van der Waals surface area contributed by atoms with Gasteiger partial charge < -0.3 is 16.0 Å². The van der Waals surface area contributed by atoms with Crippen LogP contribution in [0.4, 0.5) is 5.82 Å². The van der Waals surface area contributed by atoms with Gasteiger partial charge in [0.15, 0.2) is 11.5 Å². The third-order valence-corrected chi connectivity index (χ3v) is 2.95. The molecule has 0 aliphatic carbocycles. The summed E-state index contributed by atoms with van der Waals surface area (Å²) in [6.45, 7) is 7.02. The Labute approximate surface area is 106 Å². The number of imidazole rings is 1. The predicted molar refractivity (Wildman–Crippen MR) is 72.2 cm³/mol. The molecule has 0 aliphatic rings. The zero-order chi connectivity index (χ0) is 13.2. The lowest BCUT2D eigenvalue weighted by molar-refractivity contribution is 0.406. The second-order valence-electron chi connectivity index (χ2n) is 5.31. The Bertz CT molecular complexity index is 520. The molecule has 18 heavy (non-hydrogen) atoms. The van der Waals surface area contributed by atoms with Crippen molar-refractivity contribution in [1.29, 1.82) is 0 Å². The van der Waals surface area contributed by atoms with Crippen molar-refractivity contribution in [3.8, 4) is 0 Å². The van der Waals surface area contributed by atoms with Gasteiger partial charge in [-0.2, -0.15) is 0 Å². The summed E-state index contributed by atoms with van der Waals surface area (Å²) in [4.78, 5) is 15.5. The number of anilines is 1. The molecule has 4 N–H and O–H groups in total. The first kappa shape index (κ1) is 12.8. The summed E-state index contributed by atoms with van der Waals surface area (Å²) in [5, 5.41) is 3.42. The third-order valence-electron chi connectivity index (χ3n) is 2.95. The maximum absolute atomic E-state index is 5.89. The molecule has 0 aromatic carbocycles. The van der Waals surface area contributed by atoms with Gasteiger partial charge in [-0.3, -0.25) is 0 Å². The van der Waals surface area contributed by atoms with Crippen molar-refractivity contribution in [2.45, 2.75) is 32.7 Å². The van der Waals surface area contributed by atoms with Gasteiger partial charge in [0.1, 0.15) is 11.8 Å². The minimum atomic E-state index is -0.180. The van der Waals surface area contributed by atoms with Gasteiger partial charge in [0.25, 0.3) is 0 Å². The Morgan fingerprint density at radius 3 is 2.83 bits per heavy atom. The summed E-state index contributed by atoms with van der Waals surface area (Å²) in [6, 6.07) is 0. The molecule has 0 saturated carbocycles. The highest BCUT2D eigenvalue weighted by Gasteiger charge is 2.25. The Kier molecular flexibility index (Phi) is 3.47. The van der Waals surface area contributed by atoms with Gasteiger partial charge in [0.05, 0.1) is 6.33 Å². The van der Waals surface area contributed by atoms with Crippen LogP contribution in [0.1, 0.15) is 27.2 Å². The van der Waals surface area contributed by atoms with E-state index in [4.69, 9.17) is 5.73 Å². The van der Waals surface area contributed by atoms with E-state index in [1.807, 2.05) is 0 Å². The van der Waals surface area contributed by atoms with Crippen LogP contribution in [0.2, 0.25) is 0 Å². The molecule has 0 amide bonds. The summed E-state index contributed by atoms with van der Waals surface area (Å²) >= 11 is 0. The van der Waals surface area contributed by atoms with Gasteiger partial charge >= 0.3 is 0 Å². The van der Waals surface area contributed by atoms with Crippen molar-refractivity contribution in [1.82, 2.24) is 19.9 Å². The fourth-order valence-corrected chi connectivity index (χ4v) is 2.23. The van der Waals surface area contributed by atoms with E-state index in [1.165, 1.54) is 6.33 Å². The SMILES string of the molecule is CC(C)CC(C)(CN)Nc1ncnc2nc[nH]c12. The Balaban J connectivity index is 2.29. The van der Waals surface area contributed by atoms with Crippen LogP contribution in [0.25, 0.3) is 11.2 Å². The first-order valence-corrected chi connectivity index (χ1v) is 6.16. The van der Waals surface area contributed by atoms with Crippen molar-refractivity contribution in [2.24, 2.45) is 11.7 Å². The number of nitrogens with two attached hydrogens (primary N) is 1. The number of hydrogen-bond donors (Lipinski definition) is 3. The van der Waals surface area contributed by atoms with E-state index in [9.17, 15) is 0 Å². The third kappa shape index (κ3) is 2.59. The molecule has 2 heterocycles. The average molecular weight is 248 g/mol. The number of H-pyrrole nitrogens is 1. The van der Waals surface area contributed by atoms with E-state index >= 15 is 0 Å². The van der Waals surface area contributed by atoms with E-state index in [-0.39, 0.29) is 5.54 Å². The summed E-state index contributed by atoms with van der Waals surface area (Å²) < 4.78 is 0. The van der Waals surface area contributed by atoms with Gasteiger partial charge in [-0.1, -0.05) is 13.8 Å². The number of nitrogens with zero attached hydrogens (tertiary/aromatic N) is 3. The quantitative estimate of drug-likeness (QED) is 0.746. The number of aromatic amines is 1. The number of fused-ring (bicyclic) bond motifs is 1. The van der Waals surface area contributed by atoms with E-state index in [1.54, 1.807) is 6.33 Å². The van der Waals surface area contributed by atoms with Crippen molar-refractivity contribution >= 4 is 17.0 Å². The van der Waals surface area contributed by atoms with Crippen LogP contribution in [-0.2, 0) is 0 Å². The standard InChI is InChI=1S/C12H20N6/c1-8(2)4-12(3,5-13)18-11-9-10(15-6-14-9)16-7-17-11/h6-8H,4-5,13H2,1-3H3,(H2,14,15,16,17,18). The number of nitrogens with one attached hydrogen (secondary N) is 2. The Hall–Kier alpha value is -1.69. The average Bonchev–Trinajstić information content (AvgIpc) is 2.77. The lowest BCUT2D eigenvalue weighted by Crippen LogP contribution is -2.44. The van der Waals surface area contributed by atoms with Gasteiger partial charge in [-0.15, -0.1) is 0 Å². The molecule has 1 atom stereocenters. The van der Waals surface area contributed by atoms with Gasteiger partial charge in [0, 0.05) is 12.1 Å². The summed E-state index contributed by atoms with van der Waals surface area (Å²) in [5.74, 6) is 1.32. The van der Waals surface area contributed by atoms with Gasteiger partial charge in [0.2, 0.25) is 0 Å². The Morgan fingerprint density at radius 1 is 1.39 bits per heavy atom. The second-order valence-corrected chi connectivity index (χ2v) is 5.31. The first-order chi connectivity index (χ1) is 8.54. The molecule has 0 aliphatic heterocycles. The lowest BCUT2D eigenvalue weighted by Gasteiger charge is -2.31. The predicted octanol–water partition coefficient (Wildman–Crippen LogP) is 1.53. The molecule has 0 bridgehead atoms. The molecule has 6 heteroatoms. The normalized spacial score (nSPS) is 14.9. The molecule has 0 saturated heterocycles. The molecular formula is C12H20N6. The van der Waals surface area contributed by atoms with Crippen molar-refractivity contribution in [3.05, 3.63) is 12.7 Å². The molecular weight excluding hydrogens is 228 g/mol. The zero-order valence-corrected chi connectivity index (χ0v) is 11.1. The molecule has 2 rings (SSSR count). The molecule has 0 fully saturated rings. The highest BCUT2D eigenvalue weighted by Crippen LogP contribution is 2.23. The highest BCUT2D eigenvalue weighted by molar-refractivity contribution is 5.82. The Morgan fingerprint density at radius 2 is 2.17 bits per heavy atom. The van der Waals surface area contributed by atoms with Crippen LogP contribution in [0.15, 0.2) is 12.7 Å². The fourth-order valence-electron chi connectivity index (χ4n) is 2.23. The molecule has 1 unspecified atom stereocenters. The molecule has 0 radical (unpaired) electrons. The number of aromatic nitrogens is 4. The maximum Gasteiger partial charge on any atom is 0.182 e. The van der Waals surface area contributed by atoms with Crippen molar-refractivity contribution < 1.29 is 0 Å². The van der Waals surface area contributed by atoms with E-state index in [2.05, 4.69) is 46.0 Å². The van der Waals surface area contributed by atoms with Crippen LogP contribution in [0, 0.1) is 5.92 Å². The summed E-state index contributed by atoms with van der Waals surface area (Å²) in [6.07, 6.45) is 4.10. The maximum atomic E-state index is 5.89. The van der Waals surface area contributed by atoms with Gasteiger partial charge in [-0.05, 0) is 19.3 Å². The smallest absolute Gasteiger partial charge is 0.182 e. The largest absolute Gasteiger partial charge is 0.362 e. The van der Waals surface area contributed by atoms with Crippen LogP contribution in [0.3, 0.4) is 0 Å². The van der Waals surface area contributed by atoms with Crippen molar-refractivity contribution in [2.75, 3.05) is 11.9 Å². The number of rotatable bonds is 5. The summed E-state index contributed by atoms with van der Waals surface area (Å²) in [5.41, 5.74) is 7.19. The zero-order valence-electron chi connectivity index (χ0n) is 11.1. The van der Waals surface area contributed by atoms with Gasteiger partial charge in [-0.25, -0.2) is 15.0 Å². The van der Waals surface area contributed by atoms with Crippen LogP contribution in [0.5, 0.6) is 0 Å².